The summed E-state index contributed by atoms with van der Waals surface area (Å²) >= 11 is 1.29. The molecule has 2 aromatic carbocycles. The van der Waals surface area contributed by atoms with Crippen molar-refractivity contribution < 1.29 is 22.0 Å². The monoisotopic (exact) mass is 461 g/mol. The van der Waals surface area contributed by atoms with Crippen molar-refractivity contribution >= 4 is 21.8 Å². The van der Waals surface area contributed by atoms with Crippen LogP contribution in [0.1, 0.15) is 0 Å². The number of thioether (sulfide) groups is 1. The molecule has 2 heterocycles. The lowest BCUT2D eigenvalue weighted by molar-refractivity contribution is 0.386. The molecule has 0 aliphatic rings. The number of hydrogen-bond donors (Lipinski definition) is 1. The molecule has 0 saturated heterocycles. The first kappa shape index (κ1) is 21.0. The minimum atomic E-state index is -3.84. The summed E-state index contributed by atoms with van der Waals surface area (Å²) in [5.41, 5.74) is 1.92. The molecule has 31 heavy (non-hydrogen) atoms. The number of primary sulfonamides is 1. The van der Waals surface area contributed by atoms with Gasteiger partial charge in [0, 0.05) is 5.56 Å². The van der Waals surface area contributed by atoms with E-state index in [1.54, 1.807) is 30.5 Å². The summed E-state index contributed by atoms with van der Waals surface area (Å²) in [5.74, 6) is -0.241. The van der Waals surface area contributed by atoms with E-state index in [4.69, 9.17) is 14.3 Å². The molecule has 0 amide bonds. The van der Waals surface area contributed by atoms with E-state index < -0.39 is 15.8 Å². The first-order valence-electron chi connectivity index (χ1n) is 8.75. The summed E-state index contributed by atoms with van der Waals surface area (Å²) in [7, 11) is -2.46. The largest absolute Gasteiger partial charge is 0.494 e. The van der Waals surface area contributed by atoms with Crippen molar-refractivity contribution in [2.45, 2.75) is 10.1 Å². The molecule has 0 unspecified atom stereocenters. The Morgan fingerprint density at radius 1 is 1.13 bits per heavy atom. The molecule has 12 heteroatoms. The standard InChI is InChI=1S/C19H16FN5O4S2/c1-28-17-8-3-11(9-14(17)20)16-10-15(18-22-23-19(29-18)30-2)24-25(16)12-4-6-13(7-5-12)31(21,26)27/h3-10H,1-2H3,(H2,21,26,27). The first-order chi connectivity index (χ1) is 14.8. The van der Waals surface area contributed by atoms with Gasteiger partial charge in [-0.25, -0.2) is 22.6 Å². The summed E-state index contributed by atoms with van der Waals surface area (Å²) in [6, 6.07) is 12.0. The van der Waals surface area contributed by atoms with Crippen molar-refractivity contribution in [2.24, 2.45) is 5.14 Å². The van der Waals surface area contributed by atoms with Gasteiger partial charge in [0.15, 0.2) is 17.3 Å². The lowest BCUT2D eigenvalue weighted by Gasteiger charge is -2.09. The van der Waals surface area contributed by atoms with Crippen LogP contribution in [0.3, 0.4) is 0 Å². The highest BCUT2D eigenvalue weighted by molar-refractivity contribution is 7.98. The van der Waals surface area contributed by atoms with Gasteiger partial charge in [-0.2, -0.15) is 5.10 Å². The predicted octanol–water partition coefficient (Wildman–Crippen LogP) is 3.11. The predicted molar refractivity (Wildman–Crippen MR) is 112 cm³/mol. The minimum Gasteiger partial charge on any atom is -0.494 e. The summed E-state index contributed by atoms with van der Waals surface area (Å²) in [4.78, 5) is -0.0396. The van der Waals surface area contributed by atoms with Crippen LogP contribution >= 0.6 is 11.8 Å². The second-order valence-electron chi connectivity index (χ2n) is 6.29. The normalized spacial score (nSPS) is 11.6. The van der Waals surface area contributed by atoms with Gasteiger partial charge >= 0.3 is 0 Å². The number of methoxy groups -OCH3 is 1. The van der Waals surface area contributed by atoms with Gasteiger partial charge in [-0.15, -0.1) is 10.2 Å². The van der Waals surface area contributed by atoms with E-state index in [0.717, 1.165) is 0 Å². The topological polar surface area (TPSA) is 126 Å². The second-order valence-corrected chi connectivity index (χ2v) is 8.61. The Labute approximate surface area is 181 Å². The van der Waals surface area contributed by atoms with E-state index in [9.17, 15) is 12.8 Å². The molecule has 0 fully saturated rings. The number of hydrogen-bond acceptors (Lipinski definition) is 8. The highest BCUT2D eigenvalue weighted by Gasteiger charge is 2.19. The van der Waals surface area contributed by atoms with Crippen LogP contribution in [-0.2, 0) is 10.0 Å². The number of ether oxygens (including phenoxy) is 1. The molecule has 0 saturated carbocycles. The maximum atomic E-state index is 14.4. The van der Waals surface area contributed by atoms with Crippen molar-refractivity contribution in [3.05, 3.63) is 54.3 Å². The molecule has 0 spiro atoms. The van der Waals surface area contributed by atoms with Gasteiger partial charge in [-0.05, 0) is 54.8 Å². The second kappa shape index (κ2) is 8.13. The Morgan fingerprint density at radius 3 is 2.45 bits per heavy atom. The fourth-order valence-corrected chi connectivity index (χ4v) is 3.69. The average Bonchev–Trinajstić information content (AvgIpc) is 3.40. The van der Waals surface area contributed by atoms with E-state index in [0.29, 0.717) is 27.9 Å². The van der Waals surface area contributed by atoms with Gasteiger partial charge in [0.25, 0.3) is 11.1 Å². The van der Waals surface area contributed by atoms with Crippen LogP contribution in [0.15, 0.2) is 63.1 Å². The fourth-order valence-electron chi connectivity index (χ4n) is 2.89. The van der Waals surface area contributed by atoms with E-state index >= 15 is 0 Å². The van der Waals surface area contributed by atoms with Crippen molar-refractivity contribution in [1.82, 2.24) is 20.0 Å². The smallest absolute Gasteiger partial charge is 0.276 e. The highest BCUT2D eigenvalue weighted by atomic mass is 32.2. The summed E-state index contributed by atoms with van der Waals surface area (Å²) < 4.78 is 49.5. The third-order valence-corrected chi connectivity index (χ3v) is 5.81. The summed E-state index contributed by atoms with van der Waals surface area (Å²) in [6.45, 7) is 0. The van der Waals surface area contributed by atoms with Crippen LogP contribution in [0.4, 0.5) is 4.39 Å². The molecule has 160 valence electrons. The van der Waals surface area contributed by atoms with Crippen molar-refractivity contribution in [3.8, 4) is 34.3 Å². The van der Waals surface area contributed by atoms with Crippen LogP contribution < -0.4 is 9.88 Å². The third-order valence-electron chi connectivity index (χ3n) is 4.37. The highest BCUT2D eigenvalue weighted by Crippen LogP contribution is 2.31. The molecular formula is C19H16FN5O4S2. The quantitative estimate of drug-likeness (QED) is 0.434. The molecule has 2 aromatic heterocycles. The average molecular weight is 462 g/mol. The Balaban J connectivity index is 1.87. The number of benzene rings is 2. The maximum Gasteiger partial charge on any atom is 0.276 e. The molecule has 2 N–H and O–H groups in total. The van der Waals surface area contributed by atoms with Gasteiger partial charge in [-0.3, -0.25) is 0 Å². The van der Waals surface area contributed by atoms with Gasteiger partial charge < -0.3 is 9.15 Å². The summed E-state index contributed by atoms with van der Waals surface area (Å²) in [6.07, 6.45) is 1.80. The van der Waals surface area contributed by atoms with E-state index in [1.165, 1.54) is 47.8 Å². The zero-order chi connectivity index (χ0) is 22.2. The van der Waals surface area contributed by atoms with E-state index in [1.807, 2.05) is 0 Å². The maximum absolute atomic E-state index is 14.4. The van der Waals surface area contributed by atoms with Crippen molar-refractivity contribution in [3.63, 3.8) is 0 Å². The van der Waals surface area contributed by atoms with E-state index in [-0.39, 0.29) is 16.5 Å². The van der Waals surface area contributed by atoms with Crippen LogP contribution in [0.5, 0.6) is 5.75 Å². The number of halogens is 1. The molecule has 0 bridgehead atoms. The Hall–Kier alpha value is -3.22. The van der Waals surface area contributed by atoms with Crippen molar-refractivity contribution in [1.29, 1.82) is 0 Å². The van der Waals surface area contributed by atoms with Gasteiger partial charge in [0.1, 0.15) is 0 Å². The number of aromatic nitrogens is 4. The zero-order valence-corrected chi connectivity index (χ0v) is 17.9. The first-order valence-corrected chi connectivity index (χ1v) is 11.5. The number of sulfonamides is 1. The van der Waals surface area contributed by atoms with E-state index in [2.05, 4.69) is 15.3 Å². The van der Waals surface area contributed by atoms with Crippen molar-refractivity contribution in [2.75, 3.05) is 13.4 Å². The van der Waals surface area contributed by atoms with Gasteiger partial charge in [0.2, 0.25) is 10.0 Å². The molecular weight excluding hydrogens is 445 g/mol. The molecule has 0 radical (unpaired) electrons. The van der Waals surface area contributed by atoms with Crippen LogP contribution in [-0.4, -0.2) is 41.8 Å². The summed E-state index contributed by atoms with van der Waals surface area (Å²) in [5, 5.41) is 18.0. The Bertz CT molecular complexity index is 1350. The number of nitrogens with zero attached hydrogens (tertiary/aromatic N) is 4. The van der Waals surface area contributed by atoms with Gasteiger partial charge in [0.05, 0.1) is 23.4 Å². The number of rotatable bonds is 6. The molecule has 0 atom stereocenters. The lowest BCUT2D eigenvalue weighted by Crippen LogP contribution is -2.12. The number of nitrogens with two attached hydrogens (primary N) is 1. The molecule has 0 aliphatic carbocycles. The van der Waals surface area contributed by atoms with Crippen LogP contribution in [0.2, 0.25) is 0 Å². The van der Waals surface area contributed by atoms with Crippen LogP contribution in [0, 0.1) is 5.82 Å². The lowest BCUT2D eigenvalue weighted by atomic mass is 10.1. The molecule has 0 aliphatic heterocycles. The Kier molecular flexibility index (Phi) is 5.52. The fraction of sp³-hybridized carbons (Fsp3) is 0.105. The molecule has 4 rings (SSSR count). The third kappa shape index (κ3) is 4.17. The molecule has 4 aromatic rings. The van der Waals surface area contributed by atoms with Gasteiger partial charge in [-0.1, -0.05) is 11.8 Å². The molecule has 9 nitrogen and oxygen atoms in total. The van der Waals surface area contributed by atoms with Crippen LogP contribution in [0.25, 0.3) is 28.5 Å². The minimum absolute atomic E-state index is 0.0396. The zero-order valence-electron chi connectivity index (χ0n) is 16.3. The Morgan fingerprint density at radius 2 is 1.87 bits per heavy atom. The SMILES string of the molecule is COc1ccc(-c2cc(-c3nnc(SC)o3)nn2-c2ccc(S(N)(=O)=O)cc2)cc1F.